The molecule has 3 heteroatoms. The first kappa shape index (κ1) is 10.6. The van der Waals surface area contributed by atoms with Crippen LogP contribution < -0.4 is 5.32 Å². The molecular formula is C12H19N3. The molecule has 3 nitrogen and oxygen atoms in total. The fourth-order valence-electron chi connectivity index (χ4n) is 1.98. The maximum Gasteiger partial charge on any atom is 0.0547 e. The molecule has 0 amide bonds. The minimum Gasteiger partial charge on any atom is -0.315 e. The van der Waals surface area contributed by atoms with Crippen LogP contribution in [0.3, 0.4) is 0 Å². The summed E-state index contributed by atoms with van der Waals surface area (Å²) in [7, 11) is 0. The largest absolute Gasteiger partial charge is 0.315 e. The van der Waals surface area contributed by atoms with Crippen LogP contribution in [0.25, 0.3) is 0 Å². The number of nitrogens with one attached hydrogen (secondary N) is 1. The smallest absolute Gasteiger partial charge is 0.0547 e. The van der Waals surface area contributed by atoms with Gasteiger partial charge >= 0.3 is 0 Å². The molecule has 1 fully saturated rings. The SMILES string of the molecule is Cc1cccc(CN2CCCNCC2)n1. The van der Waals surface area contributed by atoms with Crippen molar-refractivity contribution in [2.24, 2.45) is 0 Å². The van der Waals surface area contributed by atoms with E-state index in [9.17, 15) is 0 Å². The van der Waals surface area contributed by atoms with Crippen LogP contribution in [-0.2, 0) is 6.54 Å². The summed E-state index contributed by atoms with van der Waals surface area (Å²) in [4.78, 5) is 7.01. The average molecular weight is 205 g/mol. The van der Waals surface area contributed by atoms with E-state index in [1.807, 2.05) is 13.0 Å². The molecule has 0 aliphatic carbocycles. The van der Waals surface area contributed by atoms with Gasteiger partial charge in [-0.1, -0.05) is 6.07 Å². The molecule has 0 aromatic carbocycles. The Hall–Kier alpha value is -0.930. The van der Waals surface area contributed by atoms with Gasteiger partial charge < -0.3 is 5.32 Å². The molecule has 1 aromatic rings. The van der Waals surface area contributed by atoms with E-state index in [0.29, 0.717) is 0 Å². The summed E-state index contributed by atoms with van der Waals surface area (Å²) in [6.45, 7) is 7.61. The molecule has 1 N–H and O–H groups in total. The van der Waals surface area contributed by atoms with Gasteiger partial charge in [0.25, 0.3) is 0 Å². The van der Waals surface area contributed by atoms with Gasteiger partial charge in [-0.25, -0.2) is 0 Å². The Labute approximate surface area is 91.5 Å². The van der Waals surface area contributed by atoms with E-state index in [1.165, 1.54) is 18.7 Å². The lowest BCUT2D eigenvalue weighted by atomic mass is 10.3. The van der Waals surface area contributed by atoms with Crippen LogP contribution in [0.5, 0.6) is 0 Å². The Balaban J connectivity index is 1.95. The molecule has 1 aromatic heterocycles. The zero-order chi connectivity index (χ0) is 10.5. The van der Waals surface area contributed by atoms with E-state index >= 15 is 0 Å². The van der Waals surface area contributed by atoms with Gasteiger partial charge in [-0.2, -0.15) is 0 Å². The van der Waals surface area contributed by atoms with Crippen LogP contribution in [0.2, 0.25) is 0 Å². The van der Waals surface area contributed by atoms with E-state index in [0.717, 1.165) is 31.9 Å². The van der Waals surface area contributed by atoms with Gasteiger partial charge in [0.1, 0.15) is 0 Å². The Morgan fingerprint density at radius 1 is 1.33 bits per heavy atom. The highest BCUT2D eigenvalue weighted by Crippen LogP contribution is 2.04. The number of nitrogens with zero attached hydrogens (tertiary/aromatic N) is 2. The highest BCUT2D eigenvalue weighted by molar-refractivity contribution is 5.09. The Bertz CT molecular complexity index is 303. The molecule has 0 radical (unpaired) electrons. The van der Waals surface area contributed by atoms with Crippen molar-refractivity contribution < 1.29 is 0 Å². The molecule has 82 valence electrons. The number of rotatable bonds is 2. The Morgan fingerprint density at radius 3 is 3.13 bits per heavy atom. The second-order valence-electron chi connectivity index (χ2n) is 4.15. The number of hydrogen-bond donors (Lipinski definition) is 1. The summed E-state index contributed by atoms with van der Waals surface area (Å²) in [6, 6.07) is 6.26. The zero-order valence-electron chi connectivity index (χ0n) is 9.37. The van der Waals surface area contributed by atoms with Gasteiger partial charge in [0, 0.05) is 25.3 Å². The summed E-state index contributed by atoms with van der Waals surface area (Å²) in [6.07, 6.45) is 1.24. The topological polar surface area (TPSA) is 28.2 Å². The van der Waals surface area contributed by atoms with Gasteiger partial charge in [-0.3, -0.25) is 9.88 Å². The average Bonchev–Trinajstić information content (AvgIpc) is 2.46. The lowest BCUT2D eigenvalue weighted by Gasteiger charge is -2.18. The Morgan fingerprint density at radius 2 is 2.27 bits per heavy atom. The first-order chi connectivity index (χ1) is 7.34. The van der Waals surface area contributed by atoms with Crippen LogP contribution in [0.15, 0.2) is 18.2 Å². The highest BCUT2D eigenvalue weighted by Gasteiger charge is 2.09. The fraction of sp³-hybridized carbons (Fsp3) is 0.583. The van der Waals surface area contributed by atoms with Crippen LogP contribution in [0.4, 0.5) is 0 Å². The molecule has 0 unspecified atom stereocenters. The number of aromatic nitrogens is 1. The molecule has 2 heterocycles. The molecule has 1 aliphatic heterocycles. The van der Waals surface area contributed by atoms with Crippen LogP contribution in [-0.4, -0.2) is 36.1 Å². The molecule has 15 heavy (non-hydrogen) atoms. The molecule has 0 spiro atoms. The summed E-state index contributed by atoms with van der Waals surface area (Å²) < 4.78 is 0. The predicted molar refractivity (Wildman–Crippen MR) is 61.7 cm³/mol. The third-order valence-corrected chi connectivity index (χ3v) is 2.76. The van der Waals surface area contributed by atoms with E-state index < -0.39 is 0 Å². The van der Waals surface area contributed by atoms with Gasteiger partial charge in [0.2, 0.25) is 0 Å². The number of aryl methyl sites for hydroxylation is 1. The minimum atomic E-state index is 0.989. The van der Waals surface area contributed by atoms with Crippen molar-refractivity contribution in [3.63, 3.8) is 0 Å². The third kappa shape index (κ3) is 3.29. The van der Waals surface area contributed by atoms with Crippen molar-refractivity contribution >= 4 is 0 Å². The summed E-state index contributed by atoms with van der Waals surface area (Å²) in [5, 5.41) is 3.41. The highest BCUT2D eigenvalue weighted by atomic mass is 15.2. The first-order valence-corrected chi connectivity index (χ1v) is 5.70. The third-order valence-electron chi connectivity index (χ3n) is 2.76. The molecule has 1 aliphatic rings. The van der Waals surface area contributed by atoms with Crippen molar-refractivity contribution in [1.82, 2.24) is 15.2 Å². The van der Waals surface area contributed by atoms with Crippen LogP contribution in [0, 0.1) is 6.92 Å². The van der Waals surface area contributed by atoms with Crippen molar-refractivity contribution in [2.45, 2.75) is 19.9 Å². The van der Waals surface area contributed by atoms with Crippen molar-refractivity contribution in [2.75, 3.05) is 26.2 Å². The lowest BCUT2D eigenvalue weighted by Crippen LogP contribution is -2.28. The van der Waals surface area contributed by atoms with Gasteiger partial charge in [-0.05, 0) is 38.6 Å². The molecule has 1 saturated heterocycles. The van der Waals surface area contributed by atoms with Gasteiger partial charge in [0.05, 0.1) is 5.69 Å². The zero-order valence-corrected chi connectivity index (χ0v) is 9.37. The summed E-state index contributed by atoms with van der Waals surface area (Å²) >= 11 is 0. The van der Waals surface area contributed by atoms with E-state index in [2.05, 4.69) is 27.3 Å². The number of pyridine rings is 1. The quantitative estimate of drug-likeness (QED) is 0.786. The second kappa shape index (κ2) is 5.24. The fourth-order valence-corrected chi connectivity index (χ4v) is 1.98. The van der Waals surface area contributed by atoms with Crippen molar-refractivity contribution in [3.05, 3.63) is 29.6 Å². The van der Waals surface area contributed by atoms with Gasteiger partial charge in [-0.15, -0.1) is 0 Å². The summed E-state index contributed by atoms with van der Waals surface area (Å²) in [5.41, 5.74) is 2.30. The van der Waals surface area contributed by atoms with E-state index in [1.54, 1.807) is 0 Å². The summed E-state index contributed by atoms with van der Waals surface area (Å²) in [5.74, 6) is 0. The van der Waals surface area contributed by atoms with Crippen LogP contribution >= 0.6 is 0 Å². The maximum atomic E-state index is 4.54. The lowest BCUT2D eigenvalue weighted by molar-refractivity contribution is 0.281. The standard InChI is InChI=1S/C12H19N3/c1-11-4-2-5-12(14-11)10-15-8-3-6-13-7-9-15/h2,4-5,13H,3,6-10H2,1H3. The van der Waals surface area contributed by atoms with E-state index in [4.69, 9.17) is 0 Å². The van der Waals surface area contributed by atoms with Gasteiger partial charge in [0.15, 0.2) is 0 Å². The van der Waals surface area contributed by atoms with Crippen molar-refractivity contribution in [3.8, 4) is 0 Å². The molecule has 2 rings (SSSR count). The predicted octanol–water partition coefficient (Wildman–Crippen LogP) is 1.19. The first-order valence-electron chi connectivity index (χ1n) is 5.70. The van der Waals surface area contributed by atoms with Crippen LogP contribution in [0.1, 0.15) is 17.8 Å². The monoisotopic (exact) mass is 205 g/mol. The minimum absolute atomic E-state index is 0.989. The van der Waals surface area contributed by atoms with E-state index in [-0.39, 0.29) is 0 Å². The molecule has 0 atom stereocenters. The molecule has 0 saturated carbocycles. The number of hydrogen-bond acceptors (Lipinski definition) is 3. The maximum absolute atomic E-state index is 4.54. The Kier molecular flexibility index (Phi) is 3.69. The normalized spacial score (nSPS) is 18.7. The molecular weight excluding hydrogens is 186 g/mol. The second-order valence-corrected chi connectivity index (χ2v) is 4.15. The molecule has 0 bridgehead atoms. The van der Waals surface area contributed by atoms with Crippen molar-refractivity contribution in [1.29, 1.82) is 0 Å².